The molecule has 1 aliphatic rings. The molecule has 0 aliphatic heterocycles. The smallest absolute Gasteiger partial charge is 0.258 e. The first-order valence-electron chi connectivity index (χ1n) is 7.46. The molecule has 0 atom stereocenters. The Balaban J connectivity index is 1.68. The molecule has 2 N–H and O–H groups in total. The number of imidazole rings is 1. The summed E-state index contributed by atoms with van der Waals surface area (Å²) < 4.78 is 7.37. The van der Waals surface area contributed by atoms with Gasteiger partial charge in [0.15, 0.2) is 5.82 Å². The molecule has 6 nitrogen and oxygen atoms in total. The largest absolute Gasteiger partial charge is 0.334 e. The van der Waals surface area contributed by atoms with Crippen molar-refractivity contribution >= 4 is 0 Å². The van der Waals surface area contributed by atoms with Gasteiger partial charge in [-0.05, 0) is 31.0 Å². The minimum absolute atomic E-state index is 0.427. The van der Waals surface area contributed by atoms with Crippen LogP contribution in [0.5, 0.6) is 0 Å². The zero-order chi connectivity index (χ0) is 15.0. The number of hydrogen-bond donors (Lipinski definition) is 1. The fourth-order valence-corrected chi connectivity index (χ4v) is 2.98. The Morgan fingerprint density at radius 1 is 1.23 bits per heavy atom. The first-order chi connectivity index (χ1) is 10.7. The van der Waals surface area contributed by atoms with Crippen LogP contribution in [0.1, 0.15) is 31.5 Å². The van der Waals surface area contributed by atoms with Crippen molar-refractivity contribution in [3.8, 4) is 17.1 Å². The summed E-state index contributed by atoms with van der Waals surface area (Å²) in [4.78, 5) is 8.59. The predicted octanol–water partition coefficient (Wildman–Crippen LogP) is 2.65. The summed E-state index contributed by atoms with van der Waals surface area (Å²) in [5, 5.41) is 4.11. The molecule has 0 radical (unpaired) electrons. The highest BCUT2D eigenvalue weighted by molar-refractivity contribution is 5.57. The molecule has 2 aromatic heterocycles. The Morgan fingerprint density at radius 2 is 2.09 bits per heavy atom. The van der Waals surface area contributed by atoms with Crippen LogP contribution in [-0.2, 0) is 5.54 Å². The van der Waals surface area contributed by atoms with E-state index in [-0.39, 0.29) is 0 Å². The molecule has 2 heterocycles. The van der Waals surface area contributed by atoms with Gasteiger partial charge < -0.3 is 14.8 Å². The van der Waals surface area contributed by atoms with Crippen LogP contribution < -0.4 is 5.73 Å². The molecule has 0 spiro atoms. The van der Waals surface area contributed by atoms with Crippen LogP contribution in [0.4, 0.5) is 0 Å². The molecule has 0 saturated heterocycles. The molecular weight excluding hydrogens is 278 g/mol. The molecule has 22 heavy (non-hydrogen) atoms. The van der Waals surface area contributed by atoms with Crippen LogP contribution in [0.25, 0.3) is 17.1 Å². The van der Waals surface area contributed by atoms with Gasteiger partial charge in [0.1, 0.15) is 0 Å². The van der Waals surface area contributed by atoms with Gasteiger partial charge >= 0.3 is 0 Å². The lowest BCUT2D eigenvalue weighted by Crippen LogP contribution is -2.34. The molecule has 6 heteroatoms. The van der Waals surface area contributed by atoms with E-state index in [2.05, 4.69) is 15.1 Å². The lowest BCUT2D eigenvalue weighted by atomic mass is 9.99. The standard InChI is InChI=1S/C16H17N5O/c17-16(6-1-2-7-16)15-19-14(22-20-15)12-4-3-5-13(10-12)21-9-8-18-11-21/h3-5,8-11H,1-2,6-7,17H2. The van der Waals surface area contributed by atoms with Crippen LogP contribution >= 0.6 is 0 Å². The maximum atomic E-state index is 6.38. The number of rotatable bonds is 3. The number of nitrogens with two attached hydrogens (primary N) is 1. The lowest BCUT2D eigenvalue weighted by molar-refractivity contribution is 0.372. The molecule has 4 rings (SSSR count). The summed E-state index contributed by atoms with van der Waals surface area (Å²) in [6, 6.07) is 7.92. The van der Waals surface area contributed by atoms with Crippen molar-refractivity contribution in [3.05, 3.63) is 48.8 Å². The van der Waals surface area contributed by atoms with Crippen molar-refractivity contribution in [1.29, 1.82) is 0 Å². The molecule has 1 saturated carbocycles. The third kappa shape index (κ3) is 2.21. The van der Waals surface area contributed by atoms with Crippen molar-refractivity contribution in [2.75, 3.05) is 0 Å². The SMILES string of the molecule is NC1(c2noc(-c3cccc(-n4ccnc4)c3)n2)CCCC1. The zero-order valence-electron chi connectivity index (χ0n) is 12.1. The van der Waals surface area contributed by atoms with Crippen molar-refractivity contribution in [3.63, 3.8) is 0 Å². The summed E-state index contributed by atoms with van der Waals surface area (Å²) in [6.45, 7) is 0. The first kappa shape index (κ1) is 13.2. The van der Waals surface area contributed by atoms with Gasteiger partial charge in [-0.3, -0.25) is 0 Å². The number of nitrogens with zero attached hydrogens (tertiary/aromatic N) is 4. The normalized spacial score (nSPS) is 17.0. The van der Waals surface area contributed by atoms with Crippen molar-refractivity contribution in [2.24, 2.45) is 5.73 Å². The second-order valence-corrected chi connectivity index (χ2v) is 5.81. The minimum atomic E-state index is -0.427. The van der Waals surface area contributed by atoms with E-state index in [1.165, 1.54) is 0 Å². The molecule has 0 amide bonds. The maximum absolute atomic E-state index is 6.38. The lowest BCUT2D eigenvalue weighted by Gasteiger charge is -2.17. The number of benzene rings is 1. The quantitative estimate of drug-likeness (QED) is 0.803. The van der Waals surface area contributed by atoms with E-state index in [4.69, 9.17) is 10.3 Å². The summed E-state index contributed by atoms with van der Waals surface area (Å²) >= 11 is 0. The van der Waals surface area contributed by atoms with Gasteiger partial charge in [-0.25, -0.2) is 4.98 Å². The molecule has 112 valence electrons. The Hall–Kier alpha value is -2.47. The van der Waals surface area contributed by atoms with E-state index < -0.39 is 5.54 Å². The molecule has 1 fully saturated rings. The Bertz CT molecular complexity index is 771. The third-order valence-electron chi connectivity index (χ3n) is 4.26. The van der Waals surface area contributed by atoms with E-state index in [1.54, 1.807) is 12.5 Å². The van der Waals surface area contributed by atoms with Gasteiger partial charge in [0.2, 0.25) is 0 Å². The highest BCUT2D eigenvalue weighted by Gasteiger charge is 2.36. The average molecular weight is 295 g/mol. The predicted molar refractivity (Wildman–Crippen MR) is 81.2 cm³/mol. The maximum Gasteiger partial charge on any atom is 0.258 e. The molecule has 1 aromatic carbocycles. The summed E-state index contributed by atoms with van der Waals surface area (Å²) in [5.41, 5.74) is 7.83. The van der Waals surface area contributed by atoms with E-state index in [0.717, 1.165) is 36.9 Å². The highest BCUT2D eigenvalue weighted by atomic mass is 16.5. The topological polar surface area (TPSA) is 82.8 Å². The van der Waals surface area contributed by atoms with Gasteiger partial charge in [-0.2, -0.15) is 4.98 Å². The minimum Gasteiger partial charge on any atom is -0.334 e. The molecular formula is C16H17N5O. The highest BCUT2D eigenvalue weighted by Crippen LogP contribution is 2.35. The van der Waals surface area contributed by atoms with Gasteiger partial charge in [-0.15, -0.1) is 0 Å². The Labute approximate surface area is 128 Å². The fraction of sp³-hybridized carbons (Fsp3) is 0.312. The van der Waals surface area contributed by atoms with Crippen molar-refractivity contribution in [1.82, 2.24) is 19.7 Å². The molecule has 3 aromatic rings. The second-order valence-electron chi connectivity index (χ2n) is 5.81. The van der Waals surface area contributed by atoms with Gasteiger partial charge in [-0.1, -0.05) is 24.1 Å². The first-order valence-corrected chi connectivity index (χ1v) is 7.46. The van der Waals surface area contributed by atoms with Crippen LogP contribution in [0, 0.1) is 0 Å². The number of aromatic nitrogens is 4. The molecule has 1 aliphatic carbocycles. The van der Waals surface area contributed by atoms with E-state index in [0.29, 0.717) is 11.7 Å². The Kier molecular flexibility index (Phi) is 3.04. The molecule has 0 unspecified atom stereocenters. The monoisotopic (exact) mass is 295 g/mol. The van der Waals surface area contributed by atoms with Gasteiger partial charge in [0.05, 0.1) is 11.9 Å². The Morgan fingerprint density at radius 3 is 2.86 bits per heavy atom. The summed E-state index contributed by atoms with van der Waals surface area (Å²) in [7, 11) is 0. The summed E-state index contributed by atoms with van der Waals surface area (Å²) in [6.07, 6.45) is 9.47. The van der Waals surface area contributed by atoms with E-state index >= 15 is 0 Å². The van der Waals surface area contributed by atoms with Crippen molar-refractivity contribution in [2.45, 2.75) is 31.2 Å². The van der Waals surface area contributed by atoms with E-state index in [9.17, 15) is 0 Å². The second kappa shape index (κ2) is 5.06. The van der Waals surface area contributed by atoms with Crippen LogP contribution in [-0.4, -0.2) is 19.7 Å². The van der Waals surface area contributed by atoms with Gasteiger partial charge in [0.25, 0.3) is 5.89 Å². The third-order valence-corrected chi connectivity index (χ3v) is 4.26. The average Bonchev–Trinajstić information content (AvgIpc) is 3.29. The fourth-order valence-electron chi connectivity index (χ4n) is 2.98. The molecule has 0 bridgehead atoms. The summed E-state index contributed by atoms with van der Waals surface area (Å²) in [5.74, 6) is 1.13. The van der Waals surface area contributed by atoms with Gasteiger partial charge in [0, 0.05) is 23.6 Å². The number of hydrogen-bond acceptors (Lipinski definition) is 5. The van der Waals surface area contributed by atoms with Crippen LogP contribution in [0.2, 0.25) is 0 Å². The van der Waals surface area contributed by atoms with E-state index in [1.807, 2.05) is 35.0 Å². The van der Waals surface area contributed by atoms with Crippen molar-refractivity contribution < 1.29 is 4.52 Å². The van der Waals surface area contributed by atoms with Crippen LogP contribution in [0.3, 0.4) is 0 Å². The van der Waals surface area contributed by atoms with Crippen LogP contribution in [0.15, 0.2) is 47.5 Å². The zero-order valence-corrected chi connectivity index (χ0v) is 12.1.